The summed E-state index contributed by atoms with van der Waals surface area (Å²) in [6.07, 6.45) is 3.09. The van der Waals surface area contributed by atoms with Crippen LogP contribution in [0.25, 0.3) is 0 Å². The fourth-order valence-corrected chi connectivity index (χ4v) is 2.43. The molecular weight excluding hydrogens is 341 g/mol. The van der Waals surface area contributed by atoms with Crippen molar-refractivity contribution in [2.75, 3.05) is 10.6 Å². The molecule has 2 aromatic carbocycles. The summed E-state index contributed by atoms with van der Waals surface area (Å²) in [7, 11) is 0. The molecule has 1 heterocycles. The number of rotatable bonds is 4. The van der Waals surface area contributed by atoms with Gasteiger partial charge in [-0.15, -0.1) is 0 Å². The molecule has 6 heteroatoms. The van der Waals surface area contributed by atoms with Crippen LogP contribution in [0.5, 0.6) is 0 Å². The summed E-state index contributed by atoms with van der Waals surface area (Å²) in [4.78, 5) is 16.4. The van der Waals surface area contributed by atoms with Crippen molar-refractivity contribution in [3.8, 4) is 0 Å². The number of nitrogens with zero attached hydrogens (tertiary/aromatic N) is 1. The third-order valence-electron chi connectivity index (χ3n) is 3.58. The van der Waals surface area contributed by atoms with E-state index in [4.69, 9.17) is 11.6 Å². The van der Waals surface area contributed by atoms with E-state index in [1.54, 1.807) is 12.3 Å². The fourth-order valence-electron chi connectivity index (χ4n) is 2.25. The number of aromatic nitrogens is 1. The maximum atomic E-state index is 12.9. The number of halogens is 2. The number of aryl methyl sites for hydroxylation is 1. The number of pyridine rings is 1. The highest BCUT2D eigenvalue weighted by Gasteiger charge is 2.09. The van der Waals surface area contributed by atoms with Gasteiger partial charge in [0.05, 0.1) is 17.4 Å². The van der Waals surface area contributed by atoms with Crippen LogP contribution in [0, 0.1) is 12.7 Å². The molecule has 0 spiro atoms. The van der Waals surface area contributed by atoms with Crippen LogP contribution in [-0.4, -0.2) is 10.9 Å². The Morgan fingerprint density at radius 2 is 1.80 bits per heavy atom. The van der Waals surface area contributed by atoms with Crippen LogP contribution in [-0.2, 0) is 0 Å². The molecule has 4 nitrogen and oxygen atoms in total. The molecule has 0 bridgehead atoms. The van der Waals surface area contributed by atoms with Crippen LogP contribution in [0.1, 0.15) is 15.9 Å². The Balaban J connectivity index is 1.77. The Morgan fingerprint density at radius 1 is 1.04 bits per heavy atom. The lowest BCUT2D eigenvalue weighted by Crippen LogP contribution is -2.12. The van der Waals surface area contributed by atoms with Crippen LogP contribution >= 0.6 is 11.6 Å². The molecule has 3 rings (SSSR count). The number of hydrogen-bond donors (Lipinski definition) is 2. The van der Waals surface area contributed by atoms with E-state index in [-0.39, 0.29) is 11.7 Å². The number of amides is 1. The third kappa shape index (κ3) is 4.33. The van der Waals surface area contributed by atoms with Gasteiger partial charge in [-0.25, -0.2) is 4.39 Å². The van der Waals surface area contributed by atoms with Crippen molar-refractivity contribution >= 4 is 34.6 Å². The van der Waals surface area contributed by atoms with Crippen molar-refractivity contribution in [1.29, 1.82) is 0 Å². The maximum absolute atomic E-state index is 12.9. The zero-order chi connectivity index (χ0) is 17.8. The molecule has 0 radical (unpaired) electrons. The summed E-state index contributed by atoms with van der Waals surface area (Å²) in [5.74, 6) is -0.687. The summed E-state index contributed by atoms with van der Waals surface area (Å²) in [5.41, 5.74) is 3.41. The van der Waals surface area contributed by atoms with E-state index >= 15 is 0 Å². The number of anilines is 3. The minimum absolute atomic E-state index is 0.328. The quantitative estimate of drug-likeness (QED) is 0.678. The average Bonchev–Trinajstić information content (AvgIpc) is 2.60. The van der Waals surface area contributed by atoms with Gasteiger partial charge in [-0.05, 0) is 55.0 Å². The first kappa shape index (κ1) is 16.9. The zero-order valence-corrected chi connectivity index (χ0v) is 14.1. The Bertz CT molecular complexity index is 913. The van der Waals surface area contributed by atoms with E-state index in [1.807, 2.05) is 25.1 Å². The van der Waals surface area contributed by atoms with Gasteiger partial charge in [-0.2, -0.15) is 0 Å². The topological polar surface area (TPSA) is 54.0 Å². The first-order valence-electron chi connectivity index (χ1n) is 7.56. The summed E-state index contributed by atoms with van der Waals surface area (Å²) < 4.78 is 12.9. The highest BCUT2D eigenvalue weighted by molar-refractivity contribution is 6.30. The summed E-state index contributed by atoms with van der Waals surface area (Å²) >= 11 is 6.02. The van der Waals surface area contributed by atoms with E-state index < -0.39 is 0 Å². The Kier molecular flexibility index (Phi) is 4.95. The minimum atomic E-state index is -0.359. The SMILES string of the molecule is Cc1ccc(Cl)cc1Nc1cncc(C(=O)Nc2ccc(F)cc2)c1. The van der Waals surface area contributed by atoms with E-state index in [0.29, 0.717) is 22.0 Å². The molecule has 1 aromatic heterocycles. The van der Waals surface area contributed by atoms with E-state index in [9.17, 15) is 9.18 Å². The molecule has 1 amide bonds. The highest BCUT2D eigenvalue weighted by Crippen LogP contribution is 2.24. The number of nitrogens with one attached hydrogen (secondary N) is 2. The van der Waals surface area contributed by atoms with Crippen LogP contribution in [0.15, 0.2) is 60.9 Å². The predicted octanol–water partition coefficient (Wildman–Crippen LogP) is 5.18. The van der Waals surface area contributed by atoms with Crippen LogP contribution < -0.4 is 10.6 Å². The predicted molar refractivity (Wildman–Crippen MR) is 98.1 cm³/mol. The molecule has 0 fully saturated rings. The van der Waals surface area contributed by atoms with Gasteiger partial charge < -0.3 is 10.6 Å². The maximum Gasteiger partial charge on any atom is 0.257 e. The normalized spacial score (nSPS) is 10.4. The van der Waals surface area contributed by atoms with Gasteiger partial charge in [0.2, 0.25) is 0 Å². The van der Waals surface area contributed by atoms with Crippen molar-refractivity contribution in [3.05, 3.63) is 82.9 Å². The van der Waals surface area contributed by atoms with E-state index in [2.05, 4.69) is 15.6 Å². The smallest absolute Gasteiger partial charge is 0.257 e. The molecule has 126 valence electrons. The first-order valence-corrected chi connectivity index (χ1v) is 7.94. The van der Waals surface area contributed by atoms with E-state index in [0.717, 1.165) is 11.3 Å². The van der Waals surface area contributed by atoms with Crippen molar-refractivity contribution in [2.45, 2.75) is 6.92 Å². The van der Waals surface area contributed by atoms with Crippen LogP contribution in [0.3, 0.4) is 0 Å². The van der Waals surface area contributed by atoms with Gasteiger partial charge in [-0.1, -0.05) is 17.7 Å². The molecule has 0 saturated heterocycles. The number of benzene rings is 2. The lowest BCUT2D eigenvalue weighted by Gasteiger charge is -2.11. The van der Waals surface area contributed by atoms with Crippen molar-refractivity contribution in [1.82, 2.24) is 4.98 Å². The van der Waals surface area contributed by atoms with Gasteiger partial charge in [0, 0.05) is 22.6 Å². The number of carbonyl (C=O) groups is 1. The fraction of sp³-hybridized carbons (Fsp3) is 0.0526. The Labute approximate surface area is 149 Å². The highest BCUT2D eigenvalue weighted by atomic mass is 35.5. The number of carbonyl (C=O) groups excluding carboxylic acids is 1. The third-order valence-corrected chi connectivity index (χ3v) is 3.82. The molecule has 3 aromatic rings. The van der Waals surface area contributed by atoms with Crippen LogP contribution in [0.4, 0.5) is 21.5 Å². The Morgan fingerprint density at radius 3 is 2.56 bits per heavy atom. The molecule has 0 aliphatic carbocycles. The molecular formula is C19H15ClFN3O. The molecule has 2 N–H and O–H groups in total. The van der Waals surface area contributed by atoms with Gasteiger partial charge >= 0.3 is 0 Å². The molecule has 0 aliphatic rings. The van der Waals surface area contributed by atoms with Crippen molar-refractivity contribution in [2.24, 2.45) is 0 Å². The first-order chi connectivity index (χ1) is 12.0. The molecule has 0 aliphatic heterocycles. The van der Waals surface area contributed by atoms with Gasteiger partial charge in [0.15, 0.2) is 0 Å². The summed E-state index contributed by atoms with van der Waals surface area (Å²) in [6.45, 7) is 1.96. The number of hydrogen-bond acceptors (Lipinski definition) is 3. The average molecular weight is 356 g/mol. The van der Waals surface area contributed by atoms with E-state index in [1.165, 1.54) is 30.5 Å². The summed E-state index contributed by atoms with van der Waals surface area (Å²) in [6, 6.07) is 12.8. The van der Waals surface area contributed by atoms with Crippen LogP contribution in [0.2, 0.25) is 5.02 Å². The van der Waals surface area contributed by atoms with Gasteiger partial charge in [0.1, 0.15) is 5.82 Å². The second-order valence-corrected chi connectivity index (χ2v) is 5.94. The second-order valence-electron chi connectivity index (χ2n) is 5.51. The Hall–Kier alpha value is -2.92. The lowest BCUT2D eigenvalue weighted by atomic mass is 10.2. The second kappa shape index (κ2) is 7.32. The largest absolute Gasteiger partial charge is 0.354 e. The lowest BCUT2D eigenvalue weighted by molar-refractivity contribution is 0.102. The van der Waals surface area contributed by atoms with Crippen molar-refractivity contribution in [3.63, 3.8) is 0 Å². The summed E-state index contributed by atoms with van der Waals surface area (Å²) in [5, 5.41) is 6.52. The standard InChI is InChI=1S/C19H15ClFN3O/c1-12-2-3-14(20)9-18(12)23-17-8-13(10-22-11-17)19(25)24-16-6-4-15(21)5-7-16/h2-11,23H,1H3,(H,24,25). The minimum Gasteiger partial charge on any atom is -0.354 e. The molecule has 0 atom stereocenters. The van der Waals surface area contributed by atoms with Crippen molar-refractivity contribution < 1.29 is 9.18 Å². The molecule has 0 unspecified atom stereocenters. The van der Waals surface area contributed by atoms with Gasteiger partial charge in [0.25, 0.3) is 5.91 Å². The van der Waals surface area contributed by atoms with Gasteiger partial charge in [-0.3, -0.25) is 9.78 Å². The zero-order valence-electron chi connectivity index (χ0n) is 13.4. The molecule has 25 heavy (non-hydrogen) atoms. The monoisotopic (exact) mass is 355 g/mol. The molecule has 0 saturated carbocycles.